The molecule has 0 saturated heterocycles. The quantitative estimate of drug-likeness (QED) is 0.759. The van der Waals surface area contributed by atoms with Crippen molar-refractivity contribution in [1.82, 2.24) is 14.5 Å². The predicted octanol–water partition coefficient (Wildman–Crippen LogP) is 0.807. The Labute approximate surface area is 117 Å². The molecule has 1 heterocycles. The van der Waals surface area contributed by atoms with Crippen LogP contribution in [-0.2, 0) is 17.1 Å². The second-order valence-corrected chi connectivity index (χ2v) is 6.38. The number of nitrogens with zero attached hydrogens (tertiary/aromatic N) is 2. The van der Waals surface area contributed by atoms with Gasteiger partial charge in [-0.1, -0.05) is 30.7 Å². The van der Waals surface area contributed by atoms with Gasteiger partial charge < -0.3 is 5.73 Å². The van der Waals surface area contributed by atoms with E-state index in [0.717, 1.165) is 0 Å². The Bertz CT molecular complexity index is 521. The van der Waals surface area contributed by atoms with E-state index in [0.29, 0.717) is 12.8 Å². The van der Waals surface area contributed by atoms with Crippen LogP contribution in [-0.4, -0.2) is 29.2 Å². The van der Waals surface area contributed by atoms with Crippen molar-refractivity contribution in [2.45, 2.75) is 30.8 Å². The van der Waals surface area contributed by atoms with Gasteiger partial charge in [0.1, 0.15) is 0 Å². The largest absolute Gasteiger partial charge is 0.393 e. The number of hydrogen-bond acceptors (Lipinski definition) is 4. The third-order valence-electron chi connectivity index (χ3n) is 2.36. The molecule has 0 spiro atoms. The minimum atomic E-state index is -3.73. The van der Waals surface area contributed by atoms with Gasteiger partial charge in [0.15, 0.2) is 5.03 Å². The van der Waals surface area contributed by atoms with Gasteiger partial charge in [-0.3, -0.25) is 4.68 Å². The van der Waals surface area contributed by atoms with Crippen LogP contribution >= 0.6 is 23.8 Å². The summed E-state index contributed by atoms with van der Waals surface area (Å²) in [6.45, 7) is 1.84. The summed E-state index contributed by atoms with van der Waals surface area (Å²) in [5.41, 5.74) is 5.42. The second-order valence-electron chi connectivity index (χ2n) is 3.82. The number of aromatic nitrogens is 2. The van der Waals surface area contributed by atoms with Crippen LogP contribution in [0.2, 0.25) is 5.02 Å². The van der Waals surface area contributed by atoms with Crippen molar-refractivity contribution in [2.75, 3.05) is 0 Å². The molecule has 0 aliphatic rings. The lowest BCUT2D eigenvalue weighted by molar-refractivity contribution is 0.533. The maximum Gasteiger partial charge on any atom is 0.259 e. The number of thiocarbonyl (C=S) groups is 1. The average molecular weight is 311 g/mol. The van der Waals surface area contributed by atoms with Crippen LogP contribution in [0.5, 0.6) is 0 Å². The summed E-state index contributed by atoms with van der Waals surface area (Å²) in [4.78, 5) is 0.264. The fourth-order valence-electron chi connectivity index (χ4n) is 1.49. The third kappa shape index (κ3) is 3.64. The van der Waals surface area contributed by atoms with Crippen LogP contribution in [0.4, 0.5) is 0 Å². The molecular weight excluding hydrogens is 296 g/mol. The summed E-state index contributed by atoms with van der Waals surface area (Å²) in [7, 11) is -2.22. The zero-order chi connectivity index (χ0) is 13.9. The number of sulfonamides is 1. The Kier molecular flexibility index (Phi) is 5.09. The summed E-state index contributed by atoms with van der Waals surface area (Å²) in [5.74, 6) is 0. The number of aryl methyl sites for hydroxylation is 1. The van der Waals surface area contributed by atoms with Gasteiger partial charge in [-0.05, 0) is 6.42 Å². The van der Waals surface area contributed by atoms with E-state index >= 15 is 0 Å². The molecule has 0 aromatic carbocycles. The lowest BCUT2D eigenvalue weighted by atomic mass is 10.2. The van der Waals surface area contributed by atoms with Crippen molar-refractivity contribution in [1.29, 1.82) is 0 Å². The monoisotopic (exact) mass is 310 g/mol. The zero-order valence-corrected chi connectivity index (χ0v) is 12.4. The Morgan fingerprint density at radius 2 is 2.33 bits per heavy atom. The highest BCUT2D eigenvalue weighted by atomic mass is 35.5. The van der Waals surface area contributed by atoms with E-state index in [1.54, 1.807) is 0 Å². The molecule has 0 radical (unpaired) electrons. The molecule has 1 aromatic rings. The van der Waals surface area contributed by atoms with Gasteiger partial charge >= 0.3 is 0 Å². The van der Waals surface area contributed by atoms with Crippen molar-refractivity contribution >= 4 is 38.8 Å². The molecule has 102 valence electrons. The normalized spacial score (nSPS) is 13.5. The first-order chi connectivity index (χ1) is 8.27. The van der Waals surface area contributed by atoms with Gasteiger partial charge in [0, 0.05) is 19.5 Å². The zero-order valence-electron chi connectivity index (χ0n) is 10.1. The van der Waals surface area contributed by atoms with Crippen LogP contribution in [0.15, 0.2) is 11.2 Å². The van der Waals surface area contributed by atoms with Crippen LogP contribution in [0.25, 0.3) is 0 Å². The summed E-state index contributed by atoms with van der Waals surface area (Å²) in [6.07, 6.45) is 2.16. The molecular formula is C9H15ClN4O2S2. The Hall–Kier alpha value is -0.700. The van der Waals surface area contributed by atoms with Crippen LogP contribution in [0, 0.1) is 0 Å². The van der Waals surface area contributed by atoms with Crippen molar-refractivity contribution in [2.24, 2.45) is 12.8 Å². The number of nitrogens with one attached hydrogen (secondary N) is 1. The van der Waals surface area contributed by atoms with E-state index in [-0.39, 0.29) is 21.1 Å². The van der Waals surface area contributed by atoms with Gasteiger partial charge in [0.2, 0.25) is 0 Å². The van der Waals surface area contributed by atoms with Gasteiger partial charge in [-0.15, -0.1) is 0 Å². The minimum Gasteiger partial charge on any atom is -0.393 e. The lowest BCUT2D eigenvalue weighted by Gasteiger charge is -2.16. The number of hydrogen-bond donors (Lipinski definition) is 2. The predicted molar refractivity (Wildman–Crippen MR) is 74.0 cm³/mol. The maximum atomic E-state index is 12.1. The molecule has 1 unspecified atom stereocenters. The fourth-order valence-corrected chi connectivity index (χ4v) is 3.67. The molecule has 0 aliphatic heterocycles. The smallest absolute Gasteiger partial charge is 0.259 e. The highest BCUT2D eigenvalue weighted by Crippen LogP contribution is 2.20. The molecule has 1 rings (SSSR count). The number of nitrogens with two attached hydrogens (primary N) is 1. The Morgan fingerprint density at radius 3 is 2.72 bits per heavy atom. The molecule has 18 heavy (non-hydrogen) atoms. The van der Waals surface area contributed by atoms with E-state index < -0.39 is 10.0 Å². The molecule has 3 N–H and O–H groups in total. The van der Waals surface area contributed by atoms with Crippen LogP contribution < -0.4 is 10.5 Å². The minimum absolute atomic E-state index is 0.0643. The molecule has 0 amide bonds. The average Bonchev–Trinajstić information content (AvgIpc) is 2.56. The van der Waals surface area contributed by atoms with Gasteiger partial charge in [0.25, 0.3) is 10.0 Å². The van der Waals surface area contributed by atoms with E-state index in [4.69, 9.17) is 29.6 Å². The van der Waals surface area contributed by atoms with Crippen molar-refractivity contribution in [3.63, 3.8) is 0 Å². The van der Waals surface area contributed by atoms with Crippen molar-refractivity contribution in [3.05, 3.63) is 11.2 Å². The van der Waals surface area contributed by atoms with Crippen LogP contribution in [0.1, 0.15) is 19.8 Å². The van der Waals surface area contributed by atoms with Gasteiger partial charge in [-0.2, -0.15) is 5.10 Å². The summed E-state index contributed by atoms with van der Waals surface area (Å²) in [6, 6.07) is -0.349. The SMILES string of the molecule is CCC(CC(N)=S)NS(=O)(=O)c1c(Cl)cnn1C. The molecule has 0 saturated carbocycles. The number of halogens is 1. The summed E-state index contributed by atoms with van der Waals surface area (Å²) < 4.78 is 28.0. The van der Waals surface area contributed by atoms with E-state index in [9.17, 15) is 8.42 Å². The lowest BCUT2D eigenvalue weighted by Crippen LogP contribution is -2.37. The van der Waals surface area contributed by atoms with Crippen LogP contribution in [0.3, 0.4) is 0 Å². The first kappa shape index (κ1) is 15.4. The molecule has 1 atom stereocenters. The molecule has 9 heteroatoms. The number of rotatable bonds is 6. The van der Waals surface area contributed by atoms with Crippen molar-refractivity contribution in [3.8, 4) is 0 Å². The fraction of sp³-hybridized carbons (Fsp3) is 0.556. The summed E-state index contributed by atoms with van der Waals surface area (Å²) >= 11 is 10.6. The molecule has 0 bridgehead atoms. The topological polar surface area (TPSA) is 90.0 Å². The molecule has 0 aliphatic carbocycles. The first-order valence-corrected chi connectivity index (χ1v) is 7.53. The standard InChI is InChI=1S/C9H15ClN4O2S2/c1-3-6(4-8(11)17)13-18(15,16)9-7(10)5-12-14(9)2/h5-6,13H,3-4H2,1-2H3,(H2,11,17). The first-order valence-electron chi connectivity index (χ1n) is 5.26. The highest BCUT2D eigenvalue weighted by molar-refractivity contribution is 7.89. The maximum absolute atomic E-state index is 12.1. The summed E-state index contributed by atoms with van der Waals surface area (Å²) in [5, 5.41) is 3.81. The molecule has 1 aromatic heterocycles. The van der Waals surface area contributed by atoms with E-state index in [2.05, 4.69) is 9.82 Å². The van der Waals surface area contributed by atoms with Crippen molar-refractivity contribution < 1.29 is 8.42 Å². The molecule has 0 fully saturated rings. The molecule has 6 nitrogen and oxygen atoms in total. The second kappa shape index (κ2) is 5.96. The Balaban J connectivity index is 2.98. The highest BCUT2D eigenvalue weighted by Gasteiger charge is 2.25. The van der Waals surface area contributed by atoms with E-state index in [1.807, 2.05) is 6.92 Å². The van der Waals surface area contributed by atoms with E-state index in [1.165, 1.54) is 17.9 Å². The Morgan fingerprint density at radius 1 is 1.72 bits per heavy atom. The van der Waals surface area contributed by atoms with Gasteiger partial charge in [-0.25, -0.2) is 13.1 Å². The third-order valence-corrected chi connectivity index (χ3v) is 4.55. The van der Waals surface area contributed by atoms with Gasteiger partial charge in [0.05, 0.1) is 16.2 Å².